The minimum atomic E-state index is 0. The van der Waals surface area contributed by atoms with Gasteiger partial charge in [0.2, 0.25) is 0 Å². The number of oxime groups is 1. The first-order valence-corrected chi connectivity index (χ1v) is 3.81. The van der Waals surface area contributed by atoms with E-state index in [0.717, 1.165) is 5.56 Å². The van der Waals surface area contributed by atoms with Crippen molar-refractivity contribution in [3.05, 3.63) is 34.9 Å². The van der Waals surface area contributed by atoms with Crippen LogP contribution in [0.3, 0.4) is 0 Å². The molecule has 0 atom stereocenters. The molecule has 1 aromatic rings. The molecule has 5 heteroatoms. The first kappa shape index (κ1) is 12.1. The normalized spacial score (nSPS) is 10.7. The van der Waals surface area contributed by atoms with E-state index in [4.69, 9.17) is 22.5 Å². The Hall–Kier alpha value is -0.930. The molecular weight excluding hydrogens is 211 g/mol. The highest BCUT2D eigenvalue weighted by molar-refractivity contribution is 6.31. The Morgan fingerprint density at radius 1 is 1.46 bits per heavy atom. The number of hydrogen-bond donors (Lipinski definition) is 2. The van der Waals surface area contributed by atoms with E-state index in [0.29, 0.717) is 11.4 Å². The van der Waals surface area contributed by atoms with Crippen LogP contribution in [-0.4, -0.2) is 11.0 Å². The Morgan fingerprint density at radius 3 is 2.62 bits per heavy atom. The number of nitrogens with two attached hydrogens (primary N) is 1. The molecule has 1 rings (SSSR count). The highest BCUT2D eigenvalue weighted by atomic mass is 35.5. The van der Waals surface area contributed by atoms with Crippen LogP contribution < -0.4 is 5.73 Å². The SMILES string of the molecule is Cl.NC(Cc1ccccc1Cl)=NO. The number of nitrogens with zero attached hydrogens (tertiary/aromatic N) is 1. The van der Waals surface area contributed by atoms with E-state index in [1.807, 2.05) is 18.2 Å². The third-order valence-electron chi connectivity index (χ3n) is 1.46. The molecule has 0 bridgehead atoms. The summed E-state index contributed by atoms with van der Waals surface area (Å²) in [7, 11) is 0. The molecule has 3 nitrogen and oxygen atoms in total. The molecule has 0 saturated heterocycles. The predicted octanol–water partition coefficient (Wildman–Crippen LogP) is 2.05. The van der Waals surface area contributed by atoms with Gasteiger partial charge in [0.1, 0.15) is 5.84 Å². The molecule has 3 N–H and O–H groups in total. The Bertz CT molecular complexity index is 302. The number of benzene rings is 1. The summed E-state index contributed by atoms with van der Waals surface area (Å²) < 4.78 is 0. The van der Waals surface area contributed by atoms with Gasteiger partial charge in [0.05, 0.1) is 0 Å². The second kappa shape index (κ2) is 5.67. The largest absolute Gasteiger partial charge is 0.409 e. The molecule has 1 aromatic carbocycles. The molecule has 0 aliphatic rings. The second-order valence-corrected chi connectivity index (χ2v) is 2.77. The van der Waals surface area contributed by atoms with Gasteiger partial charge in [0, 0.05) is 11.4 Å². The van der Waals surface area contributed by atoms with Crippen LogP contribution in [0.15, 0.2) is 29.4 Å². The summed E-state index contributed by atoms with van der Waals surface area (Å²) >= 11 is 5.83. The summed E-state index contributed by atoms with van der Waals surface area (Å²) in [6.07, 6.45) is 0.371. The Labute approximate surface area is 87.6 Å². The van der Waals surface area contributed by atoms with Gasteiger partial charge in [-0.2, -0.15) is 0 Å². The van der Waals surface area contributed by atoms with Crippen LogP contribution in [0.25, 0.3) is 0 Å². The van der Waals surface area contributed by atoms with Gasteiger partial charge in [-0.25, -0.2) is 0 Å². The lowest BCUT2D eigenvalue weighted by molar-refractivity contribution is 0.317. The van der Waals surface area contributed by atoms with E-state index in [-0.39, 0.29) is 18.2 Å². The maximum absolute atomic E-state index is 8.31. The lowest BCUT2D eigenvalue weighted by atomic mass is 10.1. The van der Waals surface area contributed by atoms with Crippen LogP contribution in [0.4, 0.5) is 0 Å². The number of halogens is 2. The zero-order valence-electron chi connectivity index (χ0n) is 6.77. The van der Waals surface area contributed by atoms with E-state index in [1.165, 1.54) is 0 Å². The van der Waals surface area contributed by atoms with Crippen molar-refractivity contribution in [2.45, 2.75) is 6.42 Å². The van der Waals surface area contributed by atoms with E-state index in [1.54, 1.807) is 6.07 Å². The molecule has 0 saturated carbocycles. The fraction of sp³-hybridized carbons (Fsp3) is 0.125. The fourth-order valence-corrected chi connectivity index (χ4v) is 1.07. The average Bonchev–Trinajstić information content (AvgIpc) is 2.09. The van der Waals surface area contributed by atoms with Crippen LogP contribution >= 0.6 is 24.0 Å². The fourth-order valence-electron chi connectivity index (χ4n) is 0.872. The molecule has 0 unspecified atom stereocenters. The van der Waals surface area contributed by atoms with Crippen molar-refractivity contribution in [1.82, 2.24) is 0 Å². The number of hydrogen-bond acceptors (Lipinski definition) is 2. The first-order chi connectivity index (χ1) is 5.74. The van der Waals surface area contributed by atoms with E-state index in [2.05, 4.69) is 5.16 Å². The smallest absolute Gasteiger partial charge is 0.143 e. The standard InChI is InChI=1S/C8H9ClN2O.ClH/c9-7-4-2-1-3-6(7)5-8(10)11-12;/h1-4,12H,5H2,(H2,10,11);1H. The van der Waals surface area contributed by atoms with Crippen molar-refractivity contribution >= 4 is 29.8 Å². The van der Waals surface area contributed by atoms with Gasteiger partial charge < -0.3 is 10.9 Å². The van der Waals surface area contributed by atoms with E-state index >= 15 is 0 Å². The number of rotatable bonds is 2. The quantitative estimate of drug-likeness (QED) is 0.347. The average molecular weight is 221 g/mol. The van der Waals surface area contributed by atoms with Crippen LogP contribution in [0.5, 0.6) is 0 Å². The molecule has 0 aliphatic heterocycles. The van der Waals surface area contributed by atoms with Crippen LogP contribution in [0.2, 0.25) is 5.02 Å². The van der Waals surface area contributed by atoms with Crippen molar-refractivity contribution in [2.24, 2.45) is 10.9 Å². The monoisotopic (exact) mass is 220 g/mol. The first-order valence-electron chi connectivity index (χ1n) is 3.44. The Balaban J connectivity index is 0.00000144. The zero-order chi connectivity index (χ0) is 8.97. The lowest BCUT2D eigenvalue weighted by Crippen LogP contribution is -2.14. The van der Waals surface area contributed by atoms with Gasteiger partial charge in [-0.15, -0.1) is 12.4 Å². The molecule has 0 heterocycles. The van der Waals surface area contributed by atoms with Gasteiger partial charge in [-0.3, -0.25) is 0 Å². The van der Waals surface area contributed by atoms with Crippen molar-refractivity contribution in [2.75, 3.05) is 0 Å². The highest BCUT2D eigenvalue weighted by Crippen LogP contribution is 2.14. The maximum atomic E-state index is 8.31. The van der Waals surface area contributed by atoms with Crippen LogP contribution in [0, 0.1) is 0 Å². The molecule has 0 aliphatic carbocycles. The topological polar surface area (TPSA) is 58.6 Å². The molecule has 13 heavy (non-hydrogen) atoms. The maximum Gasteiger partial charge on any atom is 0.143 e. The number of amidine groups is 1. The third-order valence-corrected chi connectivity index (χ3v) is 1.83. The van der Waals surface area contributed by atoms with Crippen LogP contribution in [-0.2, 0) is 6.42 Å². The molecule has 0 radical (unpaired) electrons. The van der Waals surface area contributed by atoms with E-state index in [9.17, 15) is 0 Å². The summed E-state index contributed by atoms with van der Waals surface area (Å²) in [5, 5.41) is 11.8. The Morgan fingerprint density at radius 2 is 2.08 bits per heavy atom. The van der Waals surface area contributed by atoms with Crippen molar-refractivity contribution in [3.8, 4) is 0 Å². The zero-order valence-corrected chi connectivity index (χ0v) is 8.35. The predicted molar refractivity (Wildman–Crippen MR) is 55.8 cm³/mol. The summed E-state index contributed by atoms with van der Waals surface area (Å²) in [5.41, 5.74) is 6.17. The van der Waals surface area contributed by atoms with Gasteiger partial charge in [-0.05, 0) is 11.6 Å². The molecule has 0 amide bonds. The minimum absolute atomic E-state index is 0. The third kappa shape index (κ3) is 3.53. The lowest BCUT2D eigenvalue weighted by Gasteiger charge is -2.00. The van der Waals surface area contributed by atoms with Gasteiger partial charge >= 0.3 is 0 Å². The van der Waals surface area contributed by atoms with Crippen molar-refractivity contribution < 1.29 is 5.21 Å². The van der Waals surface area contributed by atoms with Gasteiger partial charge in [-0.1, -0.05) is 35.0 Å². The van der Waals surface area contributed by atoms with E-state index < -0.39 is 0 Å². The summed E-state index contributed by atoms with van der Waals surface area (Å²) in [6, 6.07) is 7.28. The molecular formula is C8H10Cl2N2O. The van der Waals surface area contributed by atoms with Gasteiger partial charge in [0.15, 0.2) is 0 Å². The molecule has 0 spiro atoms. The summed E-state index contributed by atoms with van der Waals surface area (Å²) in [4.78, 5) is 0. The second-order valence-electron chi connectivity index (χ2n) is 2.36. The Kier molecular flexibility index (Phi) is 5.26. The highest BCUT2D eigenvalue weighted by Gasteiger charge is 2.00. The van der Waals surface area contributed by atoms with Gasteiger partial charge in [0.25, 0.3) is 0 Å². The van der Waals surface area contributed by atoms with Crippen molar-refractivity contribution in [3.63, 3.8) is 0 Å². The summed E-state index contributed by atoms with van der Waals surface area (Å²) in [6.45, 7) is 0. The minimum Gasteiger partial charge on any atom is -0.409 e. The molecule has 0 fully saturated rings. The molecule has 72 valence electrons. The van der Waals surface area contributed by atoms with Crippen molar-refractivity contribution in [1.29, 1.82) is 0 Å². The molecule has 0 aromatic heterocycles. The summed E-state index contributed by atoms with van der Waals surface area (Å²) in [5.74, 6) is 0.156. The van der Waals surface area contributed by atoms with Crippen LogP contribution in [0.1, 0.15) is 5.56 Å².